The van der Waals surface area contributed by atoms with E-state index >= 15 is 0 Å². The SMILES string of the molecule is COc1ccc(Cl)cc1-c1nnc2sc(-c3ccsc3)nn12. The zero-order valence-electron chi connectivity index (χ0n) is 11.4. The lowest BCUT2D eigenvalue weighted by Crippen LogP contribution is -1.94. The molecule has 0 unspecified atom stereocenters. The molecule has 4 rings (SSSR count). The first-order chi connectivity index (χ1) is 10.8. The van der Waals surface area contributed by atoms with Crippen LogP contribution in [0.3, 0.4) is 0 Å². The molecule has 5 nitrogen and oxygen atoms in total. The van der Waals surface area contributed by atoms with Crippen LogP contribution in [0.25, 0.3) is 26.9 Å². The fourth-order valence-electron chi connectivity index (χ4n) is 2.14. The summed E-state index contributed by atoms with van der Waals surface area (Å²) in [5.41, 5.74) is 1.86. The van der Waals surface area contributed by atoms with E-state index in [4.69, 9.17) is 16.3 Å². The Kier molecular flexibility index (Phi) is 3.33. The van der Waals surface area contributed by atoms with E-state index in [1.807, 2.05) is 17.5 Å². The highest BCUT2D eigenvalue weighted by atomic mass is 35.5. The Balaban J connectivity index is 1.91. The second-order valence-corrected chi connectivity index (χ2v) is 6.65. The number of thiophene rings is 1. The summed E-state index contributed by atoms with van der Waals surface area (Å²) < 4.78 is 7.12. The minimum absolute atomic E-state index is 0.612. The maximum absolute atomic E-state index is 6.10. The van der Waals surface area contributed by atoms with Crippen molar-refractivity contribution >= 4 is 39.2 Å². The summed E-state index contributed by atoms with van der Waals surface area (Å²) in [5, 5.41) is 18.7. The molecule has 110 valence electrons. The van der Waals surface area contributed by atoms with Gasteiger partial charge in [0.2, 0.25) is 4.96 Å². The molecule has 8 heteroatoms. The Morgan fingerprint density at radius 1 is 1.23 bits per heavy atom. The predicted octanol–water partition coefficient (Wildman–Crippen LogP) is 4.24. The van der Waals surface area contributed by atoms with Gasteiger partial charge in [0.05, 0.1) is 12.7 Å². The zero-order chi connectivity index (χ0) is 15.1. The largest absolute Gasteiger partial charge is 0.496 e. The zero-order valence-corrected chi connectivity index (χ0v) is 13.7. The van der Waals surface area contributed by atoms with Crippen LogP contribution in [0.2, 0.25) is 5.02 Å². The fraction of sp³-hybridized carbons (Fsp3) is 0.0714. The number of aromatic nitrogens is 4. The van der Waals surface area contributed by atoms with Crippen molar-refractivity contribution in [3.05, 3.63) is 40.0 Å². The van der Waals surface area contributed by atoms with Gasteiger partial charge in [-0.3, -0.25) is 0 Å². The van der Waals surface area contributed by atoms with Crippen molar-refractivity contribution < 1.29 is 4.74 Å². The Morgan fingerprint density at radius 2 is 2.14 bits per heavy atom. The monoisotopic (exact) mass is 348 g/mol. The summed E-state index contributed by atoms with van der Waals surface area (Å²) in [6.07, 6.45) is 0. The molecule has 0 amide bonds. The van der Waals surface area contributed by atoms with Crippen LogP contribution in [0, 0.1) is 0 Å². The molecule has 0 saturated carbocycles. The number of halogens is 1. The van der Waals surface area contributed by atoms with Gasteiger partial charge in [0.25, 0.3) is 0 Å². The van der Waals surface area contributed by atoms with Gasteiger partial charge in [-0.1, -0.05) is 22.9 Å². The first-order valence-electron chi connectivity index (χ1n) is 6.35. The van der Waals surface area contributed by atoms with Crippen LogP contribution in [-0.4, -0.2) is 26.9 Å². The van der Waals surface area contributed by atoms with Crippen LogP contribution < -0.4 is 4.74 Å². The van der Waals surface area contributed by atoms with Crippen LogP contribution in [0.4, 0.5) is 0 Å². The van der Waals surface area contributed by atoms with Crippen LogP contribution in [0.1, 0.15) is 0 Å². The Hall–Kier alpha value is -1.96. The molecule has 0 aliphatic rings. The first kappa shape index (κ1) is 13.7. The third-order valence-electron chi connectivity index (χ3n) is 3.16. The summed E-state index contributed by atoms with van der Waals surface area (Å²) in [6.45, 7) is 0. The molecule has 0 N–H and O–H groups in total. The minimum Gasteiger partial charge on any atom is -0.496 e. The van der Waals surface area contributed by atoms with Crippen LogP contribution in [0.5, 0.6) is 5.75 Å². The van der Waals surface area contributed by atoms with Crippen molar-refractivity contribution in [2.45, 2.75) is 0 Å². The molecule has 0 saturated heterocycles. The average molecular weight is 349 g/mol. The second kappa shape index (κ2) is 5.35. The molecule has 0 fully saturated rings. The van der Waals surface area contributed by atoms with Gasteiger partial charge in [-0.15, -0.1) is 10.2 Å². The molecule has 3 aromatic heterocycles. The van der Waals surface area contributed by atoms with Gasteiger partial charge < -0.3 is 4.74 Å². The van der Waals surface area contributed by atoms with Gasteiger partial charge >= 0.3 is 0 Å². The van der Waals surface area contributed by atoms with E-state index in [0.29, 0.717) is 16.6 Å². The number of fused-ring (bicyclic) bond motifs is 1. The predicted molar refractivity (Wildman–Crippen MR) is 89.0 cm³/mol. The number of nitrogens with zero attached hydrogens (tertiary/aromatic N) is 4. The summed E-state index contributed by atoms with van der Waals surface area (Å²) in [4.78, 5) is 0.734. The number of rotatable bonds is 3. The fourth-order valence-corrected chi connectivity index (χ4v) is 3.87. The molecule has 0 radical (unpaired) electrons. The molecule has 0 atom stereocenters. The van der Waals surface area contributed by atoms with Crippen molar-refractivity contribution in [2.24, 2.45) is 0 Å². The highest BCUT2D eigenvalue weighted by Crippen LogP contribution is 2.34. The van der Waals surface area contributed by atoms with Crippen LogP contribution in [-0.2, 0) is 0 Å². The van der Waals surface area contributed by atoms with Crippen molar-refractivity contribution in [1.29, 1.82) is 0 Å². The smallest absolute Gasteiger partial charge is 0.235 e. The third kappa shape index (κ3) is 2.18. The third-order valence-corrected chi connectivity index (χ3v) is 5.03. The number of ether oxygens (including phenoxy) is 1. The topological polar surface area (TPSA) is 52.3 Å². The average Bonchev–Trinajstić information content (AvgIpc) is 3.23. The number of hydrogen-bond acceptors (Lipinski definition) is 6. The molecule has 0 aliphatic carbocycles. The van der Waals surface area contributed by atoms with Crippen molar-refractivity contribution in [1.82, 2.24) is 19.8 Å². The number of hydrogen-bond donors (Lipinski definition) is 0. The van der Waals surface area contributed by atoms with E-state index in [9.17, 15) is 0 Å². The van der Waals surface area contributed by atoms with E-state index in [0.717, 1.165) is 21.1 Å². The molecular weight excluding hydrogens is 340 g/mol. The molecular formula is C14H9ClN4OS2. The summed E-state index contributed by atoms with van der Waals surface area (Å²) in [5.74, 6) is 1.30. The minimum atomic E-state index is 0.612. The second-order valence-electron chi connectivity index (χ2n) is 4.48. The van der Waals surface area contributed by atoms with E-state index in [1.165, 1.54) is 11.3 Å². The van der Waals surface area contributed by atoms with Gasteiger partial charge in [-0.05, 0) is 29.6 Å². The Bertz CT molecular complexity index is 945. The lowest BCUT2D eigenvalue weighted by atomic mass is 10.2. The van der Waals surface area contributed by atoms with E-state index < -0.39 is 0 Å². The van der Waals surface area contributed by atoms with E-state index in [1.54, 1.807) is 35.1 Å². The van der Waals surface area contributed by atoms with Gasteiger partial charge in [0.1, 0.15) is 10.8 Å². The summed E-state index contributed by atoms with van der Waals surface area (Å²) in [6, 6.07) is 7.43. The van der Waals surface area contributed by atoms with E-state index in [2.05, 4.69) is 20.7 Å². The molecule has 0 aliphatic heterocycles. The molecule has 3 heterocycles. The van der Waals surface area contributed by atoms with Gasteiger partial charge in [0.15, 0.2) is 5.82 Å². The van der Waals surface area contributed by atoms with Gasteiger partial charge in [-0.2, -0.15) is 21.0 Å². The van der Waals surface area contributed by atoms with Crippen LogP contribution >= 0.6 is 34.3 Å². The lowest BCUT2D eigenvalue weighted by molar-refractivity contribution is 0.416. The molecule has 22 heavy (non-hydrogen) atoms. The van der Waals surface area contributed by atoms with Crippen molar-refractivity contribution in [2.75, 3.05) is 7.11 Å². The van der Waals surface area contributed by atoms with Crippen molar-refractivity contribution in [3.8, 4) is 27.7 Å². The maximum atomic E-state index is 6.10. The highest BCUT2D eigenvalue weighted by Gasteiger charge is 2.18. The highest BCUT2D eigenvalue weighted by molar-refractivity contribution is 7.20. The van der Waals surface area contributed by atoms with Gasteiger partial charge in [-0.25, -0.2) is 0 Å². The number of methoxy groups -OCH3 is 1. The maximum Gasteiger partial charge on any atom is 0.235 e. The quantitative estimate of drug-likeness (QED) is 0.555. The molecule has 0 bridgehead atoms. The van der Waals surface area contributed by atoms with Gasteiger partial charge in [0, 0.05) is 16.0 Å². The first-order valence-corrected chi connectivity index (χ1v) is 8.49. The molecule has 1 aromatic carbocycles. The van der Waals surface area contributed by atoms with Crippen LogP contribution in [0.15, 0.2) is 35.0 Å². The molecule has 0 spiro atoms. The van der Waals surface area contributed by atoms with E-state index in [-0.39, 0.29) is 0 Å². The number of benzene rings is 1. The lowest BCUT2D eigenvalue weighted by Gasteiger charge is -2.06. The standard InChI is InChI=1S/C14H9ClN4OS2/c1-20-11-3-2-9(15)6-10(11)12-16-17-14-19(12)18-13(22-14)8-4-5-21-7-8/h2-7H,1H3. The Morgan fingerprint density at radius 3 is 2.91 bits per heavy atom. The Labute approximate surface area is 138 Å². The normalized spacial score (nSPS) is 11.2. The summed E-state index contributed by atoms with van der Waals surface area (Å²) in [7, 11) is 1.61. The van der Waals surface area contributed by atoms with Crippen molar-refractivity contribution in [3.63, 3.8) is 0 Å². The molecule has 4 aromatic rings. The summed E-state index contributed by atoms with van der Waals surface area (Å²) >= 11 is 9.24.